The highest BCUT2D eigenvalue weighted by atomic mass is 31.2. The van der Waals surface area contributed by atoms with Crippen LogP contribution in [-0.2, 0) is 11.0 Å². The average molecular weight is 418 g/mol. The zero-order valence-corrected chi connectivity index (χ0v) is 18.6. The van der Waals surface area contributed by atoms with Crippen molar-refractivity contribution < 1.29 is 4.57 Å². The van der Waals surface area contributed by atoms with E-state index in [1.807, 2.05) is 25.5 Å². The second-order valence-corrected chi connectivity index (χ2v) is 12.1. The van der Waals surface area contributed by atoms with Crippen LogP contribution in [0.4, 0.5) is 0 Å². The number of rotatable bonds is 2. The Hall–Kier alpha value is -3.15. The zero-order chi connectivity index (χ0) is 21.2. The first-order valence-corrected chi connectivity index (χ1v) is 13.3. The topological polar surface area (TPSA) is 17.1 Å². The van der Waals surface area contributed by atoms with Crippen LogP contribution in [0.1, 0.15) is 11.1 Å². The Morgan fingerprint density at radius 1 is 0.677 bits per heavy atom. The van der Waals surface area contributed by atoms with Crippen LogP contribution in [0.3, 0.4) is 0 Å². The van der Waals surface area contributed by atoms with Crippen molar-refractivity contribution in [3.63, 3.8) is 0 Å². The molecular weight excluding hydrogens is 395 g/mol. The lowest BCUT2D eigenvalue weighted by Gasteiger charge is -2.15. The highest BCUT2D eigenvalue weighted by molar-refractivity contribution is 7.70. The van der Waals surface area contributed by atoms with E-state index in [2.05, 4.69) is 78.9 Å². The van der Waals surface area contributed by atoms with E-state index in [0.717, 1.165) is 17.3 Å². The molecule has 0 N–H and O–H groups in total. The molecule has 6 rings (SSSR count). The third-order valence-corrected chi connectivity index (χ3v) is 8.09. The van der Waals surface area contributed by atoms with E-state index in [1.54, 1.807) is 0 Å². The van der Waals surface area contributed by atoms with Crippen molar-refractivity contribution >= 4 is 34.0 Å². The van der Waals surface area contributed by atoms with Crippen molar-refractivity contribution in [2.75, 3.05) is 13.3 Å². The Bertz CT molecular complexity index is 1550. The third-order valence-electron chi connectivity index (χ3n) is 6.57. The van der Waals surface area contributed by atoms with E-state index in [4.69, 9.17) is 0 Å². The molecule has 0 atom stereocenters. The molecule has 0 heterocycles. The Labute approximate surface area is 182 Å². The second-order valence-electron chi connectivity index (χ2n) is 8.90. The minimum atomic E-state index is -2.32. The average Bonchev–Trinajstić information content (AvgIpc) is 3.18. The summed E-state index contributed by atoms with van der Waals surface area (Å²) in [5, 5.41) is 6.10. The van der Waals surface area contributed by atoms with Gasteiger partial charge in [0.1, 0.15) is 7.14 Å². The van der Waals surface area contributed by atoms with Crippen LogP contribution >= 0.6 is 7.14 Å². The summed E-state index contributed by atoms with van der Waals surface area (Å²) >= 11 is 0. The molecule has 0 aliphatic heterocycles. The van der Waals surface area contributed by atoms with Crippen molar-refractivity contribution in [2.45, 2.75) is 6.42 Å². The van der Waals surface area contributed by atoms with Crippen LogP contribution in [0.15, 0.2) is 91.0 Å². The van der Waals surface area contributed by atoms with Crippen molar-refractivity contribution in [3.05, 3.63) is 102 Å². The maximum Gasteiger partial charge on any atom is 0.109 e. The fourth-order valence-electron chi connectivity index (χ4n) is 5.08. The Kier molecular flexibility index (Phi) is 4.01. The highest BCUT2D eigenvalue weighted by Gasteiger charge is 2.26. The van der Waals surface area contributed by atoms with Crippen molar-refractivity contribution in [1.82, 2.24) is 0 Å². The van der Waals surface area contributed by atoms with Gasteiger partial charge in [0, 0.05) is 5.30 Å². The predicted molar refractivity (Wildman–Crippen MR) is 134 cm³/mol. The van der Waals surface area contributed by atoms with Gasteiger partial charge in [-0.05, 0) is 86.8 Å². The van der Waals surface area contributed by atoms with E-state index in [9.17, 15) is 4.57 Å². The van der Waals surface area contributed by atoms with Gasteiger partial charge in [-0.1, -0.05) is 78.9 Å². The van der Waals surface area contributed by atoms with Gasteiger partial charge in [0.05, 0.1) is 0 Å². The van der Waals surface area contributed by atoms with Crippen LogP contribution in [0.25, 0.3) is 43.8 Å². The Balaban J connectivity index is 1.72. The standard InChI is InChI=1S/C29H23OP/c1-31(2,30)23-11-7-10-20(16-23)26-17-21-9-4-6-13-25(21)29-27(26)18-22-15-14-19-8-3-5-12-24(19)28(22)29/h3-17H,18H2,1-2H3. The van der Waals surface area contributed by atoms with E-state index in [1.165, 1.54) is 49.4 Å². The molecule has 0 bridgehead atoms. The number of fused-ring (bicyclic) bond motifs is 7. The number of hydrogen-bond donors (Lipinski definition) is 0. The number of hydrogen-bond acceptors (Lipinski definition) is 1. The highest BCUT2D eigenvalue weighted by Crippen LogP contribution is 2.49. The zero-order valence-electron chi connectivity index (χ0n) is 17.7. The molecule has 0 radical (unpaired) electrons. The molecule has 150 valence electrons. The molecule has 0 saturated carbocycles. The van der Waals surface area contributed by atoms with Gasteiger partial charge in [-0.3, -0.25) is 0 Å². The summed E-state index contributed by atoms with van der Waals surface area (Å²) in [6.45, 7) is 3.69. The summed E-state index contributed by atoms with van der Waals surface area (Å²) < 4.78 is 12.8. The quantitative estimate of drug-likeness (QED) is 0.266. The van der Waals surface area contributed by atoms with Gasteiger partial charge in [-0.15, -0.1) is 0 Å². The second kappa shape index (κ2) is 6.67. The normalized spacial score (nSPS) is 12.8. The van der Waals surface area contributed by atoms with Crippen molar-refractivity contribution in [3.8, 4) is 22.3 Å². The van der Waals surface area contributed by atoms with Gasteiger partial charge in [0.2, 0.25) is 0 Å². The van der Waals surface area contributed by atoms with Crippen LogP contribution in [-0.4, -0.2) is 13.3 Å². The molecule has 5 aromatic carbocycles. The molecule has 0 unspecified atom stereocenters. The maximum absolute atomic E-state index is 12.8. The SMILES string of the molecule is CP(C)(=O)c1cccc(-c2cc3ccccc3c3c2Cc2ccc4ccccc4c2-3)c1. The molecule has 31 heavy (non-hydrogen) atoms. The molecule has 1 nitrogen and oxygen atoms in total. The number of benzene rings is 5. The van der Waals surface area contributed by atoms with E-state index < -0.39 is 7.14 Å². The van der Waals surface area contributed by atoms with Gasteiger partial charge < -0.3 is 4.57 Å². The summed E-state index contributed by atoms with van der Waals surface area (Å²) in [6, 6.07) is 32.6. The molecule has 0 saturated heterocycles. The van der Waals surface area contributed by atoms with Crippen molar-refractivity contribution in [1.29, 1.82) is 0 Å². The summed E-state index contributed by atoms with van der Waals surface area (Å²) in [5.41, 5.74) is 7.91. The first-order valence-electron chi connectivity index (χ1n) is 10.7. The van der Waals surface area contributed by atoms with Gasteiger partial charge >= 0.3 is 0 Å². The molecular formula is C29H23OP. The third kappa shape index (κ3) is 2.88. The van der Waals surface area contributed by atoms with Crippen LogP contribution in [0, 0.1) is 0 Å². The summed E-state index contributed by atoms with van der Waals surface area (Å²) in [7, 11) is -2.32. The molecule has 1 aliphatic carbocycles. The smallest absolute Gasteiger partial charge is 0.109 e. The molecule has 2 heteroatoms. The first kappa shape index (κ1) is 18.6. The van der Waals surface area contributed by atoms with Crippen LogP contribution in [0.2, 0.25) is 0 Å². The lowest BCUT2D eigenvalue weighted by molar-refractivity contribution is 0.588. The Morgan fingerprint density at radius 2 is 1.39 bits per heavy atom. The molecule has 0 aromatic heterocycles. The van der Waals surface area contributed by atoms with E-state index in [0.29, 0.717) is 0 Å². The predicted octanol–water partition coefficient (Wildman–Crippen LogP) is 7.48. The summed E-state index contributed by atoms with van der Waals surface area (Å²) in [6.07, 6.45) is 0.926. The molecule has 0 fully saturated rings. The lowest BCUT2D eigenvalue weighted by Crippen LogP contribution is -2.03. The fourth-order valence-corrected chi connectivity index (χ4v) is 5.97. The minimum Gasteiger partial charge on any atom is -0.319 e. The summed E-state index contributed by atoms with van der Waals surface area (Å²) in [4.78, 5) is 0. The summed E-state index contributed by atoms with van der Waals surface area (Å²) in [5.74, 6) is 0. The fraction of sp³-hybridized carbons (Fsp3) is 0.103. The van der Waals surface area contributed by atoms with Crippen LogP contribution < -0.4 is 5.30 Å². The largest absolute Gasteiger partial charge is 0.319 e. The van der Waals surface area contributed by atoms with E-state index in [-0.39, 0.29) is 0 Å². The molecule has 0 spiro atoms. The van der Waals surface area contributed by atoms with Crippen LogP contribution in [0.5, 0.6) is 0 Å². The monoisotopic (exact) mass is 418 g/mol. The van der Waals surface area contributed by atoms with Gasteiger partial charge in [0.15, 0.2) is 0 Å². The first-order chi connectivity index (χ1) is 15.0. The lowest BCUT2D eigenvalue weighted by atomic mass is 9.89. The van der Waals surface area contributed by atoms with E-state index >= 15 is 0 Å². The van der Waals surface area contributed by atoms with Crippen molar-refractivity contribution in [2.24, 2.45) is 0 Å². The maximum atomic E-state index is 12.8. The van der Waals surface area contributed by atoms with Gasteiger partial charge in [0.25, 0.3) is 0 Å². The minimum absolute atomic E-state index is 0.926. The molecule has 0 amide bonds. The van der Waals surface area contributed by atoms with Gasteiger partial charge in [-0.25, -0.2) is 0 Å². The molecule has 1 aliphatic rings. The molecule has 5 aromatic rings. The Morgan fingerprint density at radius 3 is 2.16 bits per heavy atom. The van der Waals surface area contributed by atoms with Gasteiger partial charge in [-0.2, -0.15) is 0 Å².